The molecule has 2 heterocycles. The Labute approximate surface area is 244 Å². The van der Waals surface area contributed by atoms with E-state index in [-0.39, 0.29) is 24.3 Å². The van der Waals surface area contributed by atoms with E-state index in [1.807, 2.05) is 24.3 Å². The van der Waals surface area contributed by atoms with Gasteiger partial charge in [0, 0.05) is 62.7 Å². The van der Waals surface area contributed by atoms with E-state index in [0.29, 0.717) is 57.4 Å². The van der Waals surface area contributed by atoms with E-state index < -0.39 is 11.9 Å². The summed E-state index contributed by atoms with van der Waals surface area (Å²) >= 11 is 0. The van der Waals surface area contributed by atoms with Gasteiger partial charge >= 0.3 is 6.03 Å². The summed E-state index contributed by atoms with van der Waals surface area (Å²) in [5, 5.41) is 16.5. The van der Waals surface area contributed by atoms with Crippen molar-refractivity contribution in [2.24, 2.45) is 10.8 Å². The number of hydrogen-bond acceptors (Lipinski definition) is 8. The molecule has 1 aliphatic heterocycles. The predicted octanol–water partition coefficient (Wildman–Crippen LogP) is 1.80. The number of aromatic nitrogens is 3. The van der Waals surface area contributed by atoms with Gasteiger partial charge in [0.05, 0.1) is 12.4 Å². The maximum absolute atomic E-state index is 12.5. The number of carbonyl (C=O) groups excluding carboxylic acids is 4. The molecular formula is C27H39N11O4. The predicted molar refractivity (Wildman–Crippen MR) is 154 cm³/mol. The molecule has 4 N–H and O–H groups in total. The van der Waals surface area contributed by atoms with E-state index in [4.69, 9.17) is 11.3 Å². The fourth-order valence-electron chi connectivity index (χ4n) is 4.59. The Morgan fingerprint density at radius 2 is 1.79 bits per heavy atom. The summed E-state index contributed by atoms with van der Waals surface area (Å²) in [7, 11) is 0. The van der Waals surface area contributed by atoms with Crippen molar-refractivity contribution >= 4 is 23.8 Å². The number of benzene rings is 1. The molecule has 1 atom stereocenters. The van der Waals surface area contributed by atoms with Gasteiger partial charge in [-0.15, -0.1) is 5.10 Å². The Bertz CT molecular complexity index is 1210. The van der Waals surface area contributed by atoms with Crippen LogP contribution in [0.3, 0.4) is 0 Å². The van der Waals surface area contributed by atoms with E-state index in [9.17, 15) is 19.2 Å². The highest BCUT2D eigenvalue weighted by Crippen LogP contribution is 2.11. The molecule has 2 aromatic rings. The Kier molecular flexibility index (Phi) is 13.2. The monoisotopic (exact) mass is 581 g/mol. The van der Waals surface area contributed by atoms with Crippen molar-refractivity contribution in [3.63, 3.8) is 0 Å². The van der Waals surface area contributed by atoms with Crippen molar-refractivity contribution in [3.8, 4) is 0 Å². The third-order valence-electron chi connectivity index (χ3n) is 6.99. The average Bonchev–Trinajstić information content (AvgIpc) is 3.54. The molecule has 1 aliphatic rings. The largest absolute Gasteiger partial charge is 0.368 e. The van der Waals surface area contributed by atoms with Crippen molar-refractivity contribution in [1.82, 2.24) is 35.4 Å². The molecule has 4 amide bonds. The fraction of sp³-hybridized carbons (Fsp3) is 0.556. The summed E-state index contributed by atoms with van der Waals surface area (Å²) in [6.45, 7) is 4.28. The highest BCUT2D eigenvalue weighted by Gasteiger charge is 2.23. The molecular weight excluding hydrogens is 542 g/mol. The number of primary amides is 1. The maximum Gasteiger partial charge on any atom is 0.346 e. The number of hydrogen-bond donors (Lipinski definition) is 3. The molecule has 0 radical (unpaired) electrons. The maximum atomic E-state index is 12.5. The number of azide groups is 1. The van der Waals surface area contributed by atoms with Crippen molar-refractivity contribution in [2.75, 3.05) is 39.3 Å². The highest BCUT2D eigenvalue weighted by molar-refractivity contribution is 5.94. The van der Waals surface area contributed by atoms with Crippen LogP contribution in [0.1, 0.15) is 60.9 Å². The molecule has 1 fully saturated rings. The van der Waals surface area contributed by atoms with Crippen molar-refractivity contribution in [1.29, 1.82) is 0 Å². The number of nitrogens with one attached hydrogen (secondary N) is 2. The minimum Gasteiger partial charge on any atom is -0.368 e. The van der Waals surface area contributed by atoms with Crippen LogP contribution < -0.4 is 16.4 Å². The van der Waals surface area contributed by atoms with Gasteiger partial charge in [0.1, 0.15) is 6.04 Å². The summed E-state index contributed by atoms with van der Waals surface area (Å²) in [4.78, 5) is 55.4. The van der Waals surface area contributed by atoms with Gasteiger partial charge < -0.3 is 21.3 Å². The summed E-state index contributed by atoms with van der Waals surface area (Å²) in [6.07, 6.45) is 7.02. The first-order valence-electron chi connectivity index (χ1n) is 14.2. The number of carbonyl (C=O) groups is 4. The number of unbranched alkanes of at least 4 members (excludes halogenated alkanes) is 3. The van der Waals surface area contributed by atoms with Crippen LogP contribution in [0.15, 0.2) is 41.8 Å². The van der Waals surface area contributed by atoms with Crippen LogP contribution in [-0.2, 0) is 16.1 Å². The van der Waals surface area contributed by atoms with E-state index in [2.05, 4.69) is 35.9 Å². The Balaban J connectivity index is 1.27. The van der Waals surface area contributed by atoms with Crippen molar-refractivity contribution < 1.29 is 19.2 Å². The molecule has 1 aromatic carbocycles. The van der Waals surface area contributed by atoms with Crippen molar-refractivity contribution in [2.45, 2.75) is 57.5 Å². The topological polar surface area (TPSA) is 204 Å². The van der Waals surface area contributed by atoms with Gasteiger partial charge in [-0.05, 0) is 48.9 Å². The smallest absolute Gasteiger partial charge is 0.346 e. The summed E-state index contributed by atoms with van der Waals surface area (Å²) in [5.74, 6) is -0.969. The molecule has 0 bridgehead atoms. The molecule has 0 saturated carbocycles. The first kappa shape index (κ1) is 32.0. The molecule has 1 saturated heterocycles. The molecule has 0 spiro atoms. The van der Waals surface area contributed by atoms with E-state index >= 15 is 0 Å². The zero-order chi connectivity index (χ0) is 30.2. The van der Waals surface area contributed by atoms with Gasteiger partial charge in [0.2, 0.25) is 11.8 Å². The molecule has 0 aliphatic carbocycles. The second-order valence-corrected chi connectivity index (χ2v) is 10.1. The number of nitrogens with two attached hydrogens (primary N) is 1. The van der Waals surface area contributed by atoms with E-state index in [1.54, 1.807) is 11.1 Å². The van der Waals surface area contributed by atoms with Crippen LogP contribution in [0.25, 0.3) is 10.4 Å². The normalized spacial score (nSPS) is 14.0. The first-order valence-corrected chi connectivity index (χ1v) is 14.2. The molecule has 15 nitrogen and oxygen atoms in total. The van der Waals surface area contributed by atoms with Crippen LogP contribution in [0.5, 0.6) is 0 Å². The van der Waals surface area contributed by atoms with Gasteiger partial charge in [-0.3, -0.25) is 19.3 Å². The summed E-state index contributed by atoms with van der Waals surface area (Å²) in [5.41, 5.74) is 15.3. The van der Waals surface area contributed by atoms with E-state index in [0.717, 1.165) is 38.0 Å². The lowest BCUT2D eigenvalue weighted by atomic mass is 10.1. The molecule has 0 unspecified atom stereocenters. The van der Waals surface area contributed by atoms with Gasteiger partial charge in [0.25, 0.3) is 5.91 Å². The third kappa shape index (κ3) is 10.8. The van der Waals surface area contributed by atoms with Crippen molar-refractivity contribution in [3.05, 3.63) is 58.2 Å². The lowest BCUT2D eigenvalue weighted by molar-refractivity contribution is -0.127. The standard InChI is InChI=1S/C27H39N11O4/c28-25(40)23(6-3-5-13-31-34-29)33-24(39)7-2-1-4-12-30-26(41)22-10-8-21(9-11-22)20-36-16-18-37(19-17-36)27(42)38-15-14-32-35-38/h8-11,14-15,23H,1-7,12-13,16-20H2,(H2,28,40)(H,30,41)(H,33,39)/t23-/m0/s1. The molecule has 42 heavy (non-hydrogen) atoms. The Hall–Kier alpha value is -4.49. The zero-order valence-corrected chi connectivity index (χ0v) is 23.7. The number of piperazine rings is 1. The van der Waals surface area contributed by atoms with E-state index in [1.165, 1.54) is 10.9 Å². The lowest BCUT2D eigenvalue weighted by Gasteiger charge is -2.34. The summed E-state index contributed by atoms with van der Waals surface area (Å²) in [6, 6.07) is 6.60. The fourth-order valence-corrected chi connectivity index (χ4v) is 4.59. The minimum absolute atomic E-state index is 0.149. The highest BCUT2D eigenvalue weighted by atomic mass is 16.2. The number of nitrogens with zero attached hydrogens (tertiary/aromatic N) is 8. The van der Waals surface area contributed by atoms with Gasteiger partial charge in [0.15, 0.2) is 0 Å². The molecule has 3 rings (SSSR count). The van der Waals surface area contributed by atoms with Crippen LogP contribution in [0.4, 0.5) is 4.79 Å². The second kappa shape index (κ2) is 17.4. The zero-order valence-electron chi connectivity index (χ0n) is 23.7. The average molecular weight is 582 g/mol. The number of rotatable bonds is 16. The summed E-state index contributed by atoms with van der Waals surface area (Å²) < 4.78 is 1.24. The van der Waals surface area contributed by atoms with Gasteiger partial charge in [-0.2, -0.15) is 4.68 Å². The second-order valence-electron chi connectivity index (χ2n) is 10.1. The quantitative estimate of drug-likeness (QED) is 0.116. The van der Waals surface area contributed by atoms with Crippen LogP contribution in [0.2, 0.25) is 0 Å². The Morgan fingerprint density at radius 3 is 2.45 bits per heavy atom. The van der Waals surface area contributed by atoms with Crippen LogP contribution in [-0.4, -0.2) is 93.9 Å². The van der Waals surface area contributed by atoms with Gasteiger partial charge in [-0.1, -0.05) is 35.3 Å². The molecule has 1 aromatic heterocycles. The molecule has 15 heteroatoms. The number of amides is 4. The third-order valence-corrected chi connectivity index (χ3v) is 6.99. The van der Waals surface area contributed by atoms with Crippen LogP contribution in [0, 0.1) is 0 Å². The lowest BCUT2D eigenvalue weighted by Crippen LogP contribution is -2.49. The van der Waals surface area contributed by atoms with Crippen LogP contribution >= 0.6 is 0 Å². The SMILES string of the molecule is [N-]=[N+]=NCCCC[C@H](NC(=O)CCCCCNC(=O)c1ccc(CN2CCN(C(=O)n3ccnn3)CC2)cc1)C(N)=O. The molecule has 226 valence electrons. The first-order chi connectivity index (χ1) is 20.4. The Morgan fingerprint density at radius 1 is 1.02 bits per heavy atom. The van der Waals surface area contributed by atoms with Gasteiger partial charge in [-0.25, -0.2) is 4.79 Å². The minimum atomic E-state index is -0.735.